The molecule has 1 aromatic heterocycles. The maximum Gasteiger partial charge on any atom is 0.231 e. The molecule has 1 amide bonds. The Labute approximate surface area is 269 Å². The minimum atomic E-state index is -2.04. The molecule has 242 valence electrons. The Kier molecular flexibility index (Phi) is 9.24. The molecule has 1 unspecified atom stereocenters. The van der Waals surface area contributed by atoms with Crippen LogP contribution in [0.2, 0.25) is 5.02 Å². The predicted molar refractivity (Wildman–Crippen MR) is 166 cm³/mol. The van der Waals surface area contributed by atoms with E-state index in [4.69, 9.17) is 30.5 Å². The van der Waals surface area contributed by atoms with Crippen LogP contribution in [-0.4, -0.2) is 77.7 Å². The number of carbonyl (C=O) groups excluding carboxylic acids is 3. The molecule has 1 aliphatic heterocycles. The highest BCUT2D eigenvalue weighted by Gasteiger charge is 2.61. The van der Waals surface area contributed by atoms with E-state index in [1.807, 2.05) is 0 Å². The molecule has 3 aromatic rings. The van der Waals surface area contributed by atoms with Crippen molar-refractivity contribution in [1.29, 1.82) is 0 Å². The van der Waals surface area contributed by atoms with Crippen molar-refractivity contribution in [1.82, 2.24) is 15.3 Å². The highest BCUT2D eigenvalue weighted by Crippen LogP contribution is 2.56. The molecule has 0 radical (unpaired) electrons. The number of halogens is 1. The summed E-state index contributed by atoms with van der Waals surface area (Å²) in [5, 5.41) is 28.0. The fraction of sp³-hybridized carbons (Fsp3) is 0.344. The zero-order chi connectivity index (χ0) is 33.2. The van der Waals surface area contributed by atoms with Crippen molar-refractivity contribution in [3.8, 4) is 28.7 Å². The van der Waals surface area contributed by atoms with Gasteiger partial charge in [0.15, 0.2) is 28.8 Å². The molecule has 0 saturated carbocycles. The summed E-state index contributed by atoms with van der Waals surface area (Å²) in [7, 11) is 4.12. The third kappa shape index (κ3) is 5.62. The van der Waals surface area contributed by atoms with Crippen molar-refractivity contribution in [3.05, 3.63) is 70.2 Å². The average molecular weight is 653 g/mol. The number of phenols is 1. The number of anilines is 1. The Bertz CT molecular complexity index is 1720. The molecule has 14 heteroatoms. The van der Waals surface area contributed by atoms with Gasteiger partial charge in [0.05, 0.1) is 21.3 Å². The van der Waals surface area contributed by atoms with Crippen LogP contribution in [0.1, 0.15) is 41.6 Å². The number of hydrogen-bond acceptors (Lipinski definition) is 12. The van der Waals surface area contributed by atoms with Gasteiger partial charge in [-0.05, 0) is 23.8 Å². The molecule has 4 N–H and O–H groups in total. The fourth-order valence-corrected chi connectivity index (χ4v) is 6.12. The molecular formula is C32H33ClN4O9. The smallest absolute Gasteiger partial charge is 0.231 e. The zero-order valence-corrected chi connectivity index (χ0v) is 26.3. The largest absolute Gasteiger partial charge is 0.507 e. The standard InChI is InChI=1S/C32H33ClN4O9/c1-16-12-20(39)25(29(41)32(16)30(42)26-22(44-3)15-23(45-4)27(33)28(26)46-32)18(17-6-7-19(38)21(13-17)43-2)14-24(40)34-10-11-37-31-35-8-5-9-36-31/h5-9,13,15-16,18,38,41H,10-12,14H2,1-4H3,(H,34,40)(H,35,36,37)/t16-,18?,32+/m1/s1. The van der Waals surface area contributed by atoms with Crippen LogP contribution in [0, 0.1) is 5.92 Å². The molecule has 46 heavy (non-hydrogen) atoms. The number of amides is 1. The number of rotatable bonds is 11. The first-order chi connectivity index (χ1) is 22.1. The van der Waals surface area contributed by atoms with E-state index in [1.54, 1.807) is 25.4 Å². The van der Waals surface area contributed by atoms with Gasteiger partial charge in [-0.2, -0.15) is 0 Å². The van der Waals surface area contributed by atoms with E-state index in [1.165, 1.54) is 45.6 Å². The molecule has 0 bridgehead atoms. The van der Waals surface area contributed by atoms with E-state index in [2.05, 4.69) is 20.6 Å². The van der Waals surface area contributed by atoms with Gasteiger partial charge in [0.25, 0.3) is 0 Å². The summed E-state index contributed by atoms with van der Waals surface area (Å²) in [6.07, 6.45) is 2.67. The number of benzene rings is 2. The fourth-order valence-electron chi connectivity index (χ4n) is 5.86. The van der Waals surface area contributed by atoms with E-state index in [9.17, 15) is 24.6 Å². The lowest BCUT2D eigenvalue weighted by molar-refractivity contribution is -0.121. The highest BCUT2D eigenvalue weighted by atomic mass is 35.5. The summed E-state index contributed by atoms with van der Waals surface area (Å²) >= 11 is 6.56. The Morgan fingerprint density at radius 3 is 2.43 bits per heavy atom. The second kappa shape index (κ2) is 13.1. The van der Waals surface area contributed by atoms with Crippen LogP contribution in [0.5, 0.6) is 28.7 Å². The third-order valence-electron chi connectivity index (χ3n) is 8.15. The Hall–Kier alpha value is -5.04. The molecule has 13 nitrogen and oxygen atoms in total. The summed E-state index contributed by atoms with van der Waals surface area (Å²) < 4.78 is 22.3. The highest BCUT2D eigenvalue weighted by molar-refractivity contribution is 6.35. The molecular weight excluding hydrogens is 620 g/mol. The van der Waals surface area contributed by atoms with Crippen LogP contribution in [0.4, 0.5) is 5.95 Å². The Morgan fingerprint density at radius 2 is 1.76 bits per heavy atom. The summed E-state index contributed by atoms with van der Waals surface area (Å²) in [5.74, 6) is -3.55. The van der Waals surface area contributed by atoms with E-state index in [0.29, 0.717) is 18.1 Å². The van der Waals surface area contributed by atoms with Gasteiger partial charge in [0.1, 0.15) is 22.1 Å². The molecule has 5 rings (SSSR count). The number of aromatic nitrogens is 2. The number of Topliss-reactive ketones (excluding diaryl/α,β-unsaturated/α-hetero) is 2. The SMILES string of the molecule is COc1cc(C(CC(=O)NCCNc2ncccn2)C2=C(O)[C@@]3(Oc4c(Cl)c(OC)cc(OC)c4C3=O)[C@H](C)CC2=O)ccc1O. The van der Waals surface area contributed by atoms with Gasteiger partial charge in [-0.1, -0.05) is 24.6 Å². The molecule has 1 spiro atoms. The first-order valence-corrected chi connectivity index (χ1v) is 14.7. The summed E-state index contributed by atoms with van der Waals surface area (Å²) in [5.41, 5.74) is -1.85. The van der Waals surface area contributed by atoms with Gasteiger partial charge in [0.2, 0.25) is 23.2 Å². The number of aliphatic hydroxyl groups excluding tert-OH is 1. The molecule has 0 fully saturated rings. The van der Waals surface area contributed by atoms with E-state index < -0.39 is 40.7 Å². The Balaban J connectivity index is 1.55. The van der Waals surface area contributed by atoms with Gasteiger partial charge in [-0.3, -0.25) is 14.4 Å². The Morgan fingerprint density at radius 1 is 1.07 bits per heavy atom. The van der Waals surface area contributed by atoms with E-state index in [0.717, 1.165) is 0 Å². The third-order valence-corrected chi connectivity index (χ3v) is 8.51. The zero-order valence-electron chi connectivity index (χ0n) is 25.5. The van der Waals surface area contributed by atoms with Crippen molar-refractivity contribution in [2.45, 2.75) is 31.3 Å². The second-order valence-electron chi connectivity index (χ2n) is 10.8. The maximum atomic E-state index is 14.2. The van der Waals surface area contributed by atoms with Gasteiger partial charge in [0, 0.05) is 61.8 Å². The number of hydrogen-bond donors (Lipinski definition) is 4. The van der Waals surface area contributed by atoms with Crippen molar-refractivity contribution in [2.24, 2.45) is 5.92 Å². The van der Waals surface area contributed by atoms with Crippen molar-refractivity contribution < 1.29 is 43.5 Å². The lowest BCUT2D eigenvalue weighted by Crippen LogP contribution is -2.53. The van der Waals surface area contributed by atoms with E-state index in [-0.39, 0.29) is 64.3 Å². The number of allylic oxidation sites excluding steroid dienone is 1. The molecule has 0 saturated heterocycles. The number of aliphatic hydroxyl groups is 1. The molecule has 3 atom stereocenters. The van der Waals surface area contributed by atoms with Crippen LogP contribution in [0.15, 0.2) is 54.1 Å². The predicted octanol–water partition coefficient (Wildman–Crippen LogP) is 4.00. The van der Waals surface area contributed by atoms with Gasteiger partial charge in [-0.25, -0.2) is 9.97 Å². The van der Waals surface area contributed by atoms with Crippen LogP contribution >= 0.6 is 11.6 Å². The lowest BCUT2D eigenvalue weighted by Gasteiger charge is -2.38. The number of nitrogens with one attached hydrogen (secondary N) is 2. The van der Waals surface area contributed by atoms with Crippen LogP contribution in [0.25, 0.3) is 0 Å². The molecule has 2 aliphatic rings. The lowest BCUT2D eigenvalue weighted by atomic mass is 9.69. The van der Waals surface area contributed by atoms with Crippen LogP contribution in [-0.2, 0) is 9.59 Å². The van der Waals surface area contributed by atoms with Gasteiger partial charge < -0.3 is 39.8 Å². The van der Waals surface area contributed by atoms with Gasteiger partial charge >= 0.3 is 0 Å². The monoisotopic (exact) mass is 652 g/mol. The minimum absolute atomic E-state index is 0.00381. The number of nitrogens with zero attached hydrogens (tertiary/aromatic N) is 2. The summed E-state index contributed by atoms with van der Waals surface area (Å²) in [6, 6.07) is 7.46. The van der Waals surface area contributed by atoms with Crippen molar-refractivity contribution in [2.75, 3.05) is 39.7 Å². The minimum Gasteiger partial charge on any atom is -0.507 e. The normalized spacial score (nSPS) is 19.4. The number of ether oxygens (including phenoxy) is 4. The number of fused-ring (bicyclic) bond motifs is 1. The van der Waals surface area contributed by atoms with Gasteiger partial charge in [-0.15, -0.1) is 0 Å². The maximum absolute atomic E-state index is 14.2. The quantitative estimate of drug-likeness (QED) is 0.219. The molecule has 1 aliphatic carbocycles. The number of aromatic hydroxyl groups is 1. The first kappa shape index (κ1) is 32.4. The molecule has 2 aromatic carbocycles. The molecule has 2 heterocycles. The summed E-state index contributed by atoms with van der Waals surface area (Å²) in [6.45, 7) is 2.12. The number of phenolic OH excluding ortho intramolecular Hbond substituents is 1. The van der Waals surface area contributed by atoms with Crippen molar-refractivity contribution >= 4 is 35.0 Å². The number of carbonyl (C=O) groups is 3. The average Bonchev–Trinajstić information content (AvgIpc) is 3.37. The number of ketones is 2. The van der Waals surface area contributed by atoms with E-state index >= 15 is 0 Å². The van der Waals surface area contributed by atoms with Crippen molar-refractivity contribution in [3.63, 3.8) is 0 Å². The number of methoxy groups -OCH3 is 3. The van der Waals surface area contributed by atoms with Crippen LogP contribution < -0.4 is 29.6 Å². The van der Waals surface area contributed by atoms with Crippen LogP contribution in [0.3, 0.4) is 0 Å². The second-order valence-corrected chi connectivity index (χ2v) is 11.2. The topological polar surface area (TPSA) is 178 Å². The summed E-state index contributed by atoms with van der Waals surface area (Å²) in [4.78, 5) is 49.5. The first-order valence-electron chi connectivity index (χ1n) is 14.4.